The van der Waals surface area contributed by atoms with E-state index in [1.54, 1.807) is 16.7 Å². The van der Waals surface area contributed by atoms with Crippen molar-refractivity contribution in [3.63, 3.8) is 0 Å². The van der Waals surface area contributed by atoms with Gasteiger partial charge in [0.05, 0.1) is 0 Å². The van der Waals surface area contributed by atoms with Crippen molar-refractivity contribution < 1.29 is 4.79 Å². The Morgan fingerprint density at radius 3 is 2.78 bits per heavy atom. The first kappa shape index (κ1) is 13.8. The number of carbonyl (C=O) groups is 1. The molecule has 94 valence electrons. The molecule has 5 heteroatoms. The minimum Gasteiger partial charge on any atom is -0.297 e. The molecule has 1 aliphatic rings. The third kappa shape index (κ3) is 3.67. The molecular formula is C13H12BrNOS2. The topological polar surface area (TPSA) is 20.3 Å². The summed E-state index contributed by atoms with van der Waals surface area (Å²) in [5, 5.41) is 0. The summed E-state index contributed by atoms with van der Waals surface area (Å²) in [6, 6.07) is 7.96. The molecule has 18 heavy (non-hydrogen) atoms. The number of thiocarbonyl (C=S) groups is 1. The second-order valence-corrected chi connectivity index (χ2v) is 6.46. The maximum Gasteiger partial charge on any atom is 0.231 e. The van der Waals surface area contributed by atoms with E-state index in [2.05, 4.69) is 15.9 Å². The van der Waals surface area contributed by atoms with E-state index in [4.69, 9.17) is 12.2 Å². The Balaban J connectivity index is 1.89. The number of carbonyl (C=O) groups excluding carboxylic acids is 1. The molecule has 0 spiro atoms. The average Bonchev–Trinajstić information content (AvgIpc) is 2.78. The van der Waals surface area contributed by atoms with Crippen LogP contribution in [0.5, 0.6) is 0 Å². The zero-order valence-corrected chi connectivity index (χ0v) is 12.9. The SMILES string of the molecule is O=C(C/C=C/c1ccc(Br)cc1)N1CCSC1=S. The van der Waals surface area contributed by atoms with Crippen molar-refractivity contribution >= 4 is 56.2 Å². The van der Waals surface area contributed by atoms with Gasteiger partial charge < -0.3 is 0 Å². The zero-order valence-electron chi connectivity index (χ0n) is 9.64. The van der Waals surface area contributed by atoms with Gasteiger partial charge in [0.25, 0.3) is 0 Å². The monoisotopic (exact) mass is 341 g/mol. The number of amides is 1. The lowest BCUT2D eigenvalue weighted by atomic mass is 10.2. The van der Waals surface area contributed by atoms with E-state index in [0.717, 1.165) is 22.3 Å². The van der Waals surface area contributed by atoms with Crippen LogP contribution in [0.2, 0.25) is 0 Å². The summed E-state index contributed by atoms with van der Waals surface area (Å²) in [6.45, 7) is 0.745. The molecule has 0 saturated carbocycles. The van der Waals surface area contributed by atoms with Gasteiger partial charge in [0.2, 0.25) is 5.91 Å². The first-order valence-corrected chi connectivity index (χ1v) is 7.75. The van der Waals surface area contributed by atoms with Crippen molar-refractivity contribution in [2.24, 2.45) is 0 Å². The lowest BCUT2D eigenvalue weighted by Crippen LogP contribution is -2.29. The molecule has 0 aromatic heterocycles. The van der Waals surface area contributed by atoms with Crippen molar-refractivity contribution in [2.45, 2.75) is 6.42 Å². The molecule has 1 aliphatic heterocycles. The average molecular weight is 342 g/mol. The van der Waals surface area contributed by atoms with Crippen LogP contribution in [0.15, 0.2) is 34.8 Å². The summed E-state index contributed by atoms with van der Waals surface area (Å²) in [5.74, 6) is 0.999. The number of halogens is 1. The third-order valence-electron chi connectivity index (χ3n) is 2.53. The summed E-state index contributed by atoms with van der Waals surface area (Å²) in [5.41, 5.74) is 1.09. The van der Waals surface area contributed by atoms with Crippen molar-refractivity contribution in [2.75, 3.05) is 12.3 Å². The third-order valence-corrected chi connectivity index (χ3v) is 4.49. The highest BCUT2D eigenvalue weighted by molar-refractivity contribution is 9.10. The Labute approximate surface area is 125 Å². The molecule has 0 bridgehead atoms. The van der Waals surface area contributed by atoms with Gasteiger partial charge in [0.15, 0.2) is 0 Å². The maximum absolute atomic E-state index is 11.9. The lowest BCUT2D eigenvalue weighted by molar-refractivity contribution is -0.125. The minimum atomic E-state index is 0.0818. The Morgan fingerprint density at radius 1 is 1.44 bits per heavy atom. The number of hydrogen-bond acceptors (Lipinski definition) is 3. The minimum absolute atomic E-state index is 0.0818. The van der Waals surface area contributed by atoms with Crippen LogP contribution in [0, 0.1) is 0 Å². The van der Waals surface area contributed by atoms with Crippen LogP contribution >= 0.6 is 39.9 Å². The van der Waals surface area contributed by atoms with Crippen LogP contribution < -0.4 is 0 Å². The predicted molar refractivity (Wildman–Crippen MR) is 84.6 cm³/mol. The van der Waals surface area contributed by atoms with Crippen LogP contribution in [0.4, 0.5) is 0 Å². The Morgan fingerprint density at radius 2 is 2.17 bits per heavy atom. The molecule has 0 radical (unpaired) electrons. The van der Waals surface area contributed by atoms with E-state index in [9.17, 15) is 4.79 Å². The molecule has 1 fully saturated rings. The summed E-state index contributed by atoms with van der Waals surface area (Å²) in [6.07, 6.45) is 4.24. The van der Waals surface area contributed by atoms with E-state index in [0.29, 0.717) is 10.7 Å². The number of benzene rings is 1. The number of hydrogen-bond donors (Lipinski definition) is 0. The number of rotatable bonds is 3. The molecule has 1 amide bonds. The van der Waals surface area contributed by atoms with Gasteiger partial charge in [-0.2, -0.15) is 0 Å². The van der Waals surface area contributed by atoms with Crippen LogP contribution in [-0.2, 0) is 4.79 Å². The highest BCUT2D eigenvalue weighted by Crippen LogP contribution is 2.19. The number of thioether (sulfide) groups is 1. The van der Waals surface area contributed by atoms with Gasteiger partial charge in [-0.25, -0.2) is 0 Å². The van der Waals surface area contributed by atoms with Gasteiger partial charge in [-0.15, -0.1) is 0 Å². The van der Waals surface area contributed by atoms with Gasteiger partial charge in [-0.05, 0) is 17.7 Å². The molecule has 0 aliphatic carbocycles. The van der Waals surface area contributed by atoms with Gasteiger partial charge in [-0.1, -0.05) is 64.2 Å². The molecule has 1 aromatic rings. The van der Waals surface area contributed by atoms with E-state index in [1.165, 1.54) is 0 Å². The van der Waals surface area contributed by atoms with Crippen molar-refractivity contribution in [1.82, 2.24) is 4.90 Å². The molecular weight excluding hydrogens is 330 g/mol. The van der Waals surface area contributed by atoms with Gasteiger partial charge in [0, 0.05) is 23.2 Å². The summed E-state index contributed by atoms with van der Waals surface area (Å²) in [4.78, 5) is 13.6. The normalized spacial score (nSPS) is 15.6. The Kier molecular flexibility index (Phi) is 4.97. The molecule has 2 nitrogen and oxygen atoms in total. The fraction of sp³-hybridized carbons (Fsp3) is 0.231. The van der Waals surface area contributed by atoms with Crippen LogP contribution in [0.3, 0.4) is 0 Å². The maximum atomic E-state index is 11.9. The molecule has 2 rings (SSSR count). The highest BCUT2D eigenvalue weighted by atomic mass is 79.9. The van der Waals surface area contributed by atoms with Gasteiger partial charge >= 0.3 is 0 Å². The van der Waals surface area contributed by atoms with Gasteiger partial charge in [-0.3, -0.25) is 9.69 Å². The van der Waals surface area contributed by atoms with Crippen molar-refractivity contribution in [3.8, 4) is 0 Å². The lowest BCUT2D eigenvalue weighted by Gasteiger charge is -2.12. The largest absolute Gasteiger partial charge is 0.297 e. The first-order chi connectivity index (χ1) is 8.66. The molecule has 1 heterocycles. The quantitative estimate of drug-likeness (QED) is 0.781. The predicted octanol–water partition coefficient (Wildman–Crippen LogP) is 3.71. The Bertz CT molecular complexity index is 484. The van der Waals surface area contributed by atoms with E-state index >= 15 is 0 Å². The summed E-state index contributed by atoms with van der Waals surface area (Å²) >= 11 is 10.1. The molecule has 1 saturated heterocycles. The summed E-state index contributed by atoms with van der Waals surface area (Å²) in [7, 11) is 0. The fourth-order valence-corrected chi connectivity index (χ4v) is 3.10. The van der Waals surface area contributed by atoms with Crippen LogP contribution in [0.1, 0.15) is 12.0 Å². The number of nitrogens with zero attached hydrogens (tertiary/aromatic N) is 1. The van der Waals surface area contributed by atoms with Crippen LogP contribution in [0.25, 0.3) is 6.08 Å². The Hall–Kier alpha value is -0.650. The first-order valence-electron chi connectivity index (χ1n) is 5.56. The van der Waals surface area contributed by atoms with Gasteiger partial charge in [0.1, 0.15) is 4.32 Å². The van der Waals surface area contributed by atoms with E-state index in [-0.39, 0.29) is 5.91 Å². The molecule has 0 N–H and O–H groups in total. The smallest absolute Gasteiger partial charge is 0.231 e. The zero-order chi connectivity index (χ0) is 13.0. The van der Waals surface area contributed by atoms with Crippen LogP contribution in [-0.4, -0.2) is 27.4 Å². The molecule has 1 aromatic carbocycles. The molecule has 0 atom stereocenters. The fourth-order valence-electron chi connectivity index (χ4n) is 1.60. The summed E-state index contributed by atoms with van der Waals surface area (Å²) < 4.78 is 1.76. The van der Waals surface area contributed by atoms with E-state index in [1.807, 2.05) is 36.4 Å². The van der Waals surface area contributed by atoms with E-state index < -0.39 is 0 Å². The standard InChI is InChI=1S/C13H12BrNOS2/c14-11-6-4-10(5-7-11)2-1-3-12(16)15-8-9-18-13(15)17/h1-2,4-7H,3,8-9H2/b2-1+. The van der Waals surface area contributed by atoms with Crippen molar-refractivity contribution in [1.29, 1.82) is 0 Å². The highest BCUT2D eigenvalue weighted by Gasteiger charge is 2.22. The second-order valence-electron chi connectivity index (χ2n) is 3.82. The second kappa shape index (κ2) is 6.50. The van der Waals surface area contributed by atoms with Crippen molar-refractivity contribution in [3.05, 3.63) is 40.4 Å². The molecule has 0 unspecified atom stereocenters.